The lowest BCUT2D eigenvalue weighted by Crippen LogP contribution is -2.28. The first-order valence-corrected chi connectivity index (χ1v) is 8.41. The molecule has 23 heavy (non-hydrogen) atoms. The quantitative estimate of drug-likeness (QED) is 0.734. The van der Waals surface area contributed by atoms with Gasteiger partial charge in [0.25, 0.3) is 0 Å². The van der Waals surface area contributed by atoms with E-state index >= 15 is 0 Å². The molecule has 0 bridgehead atoms. The first-order valence-electron chi connectivity index (χ1n) is 8.03. The number of halogens is 1. The van der Waals surface area contributed by atoms with Crippen LogP contribution >= 0.6 is 11.6 Å². The van der Waals surface area contributed by atoms with E-state index in [1.807, 2.05) is 24.4 Å². The van der Waals surface area contributed by atoms with Gasteiger partial charge < -0.3 is 15.0 Å². The van der Waals surface area contributed by atoms with E-state index in [1.165, 1.54) is 12.8 Å². The van der Waals surface area contributed by atoms with Gasteiger partial charge in [0.15, 0.2) is 0 Å². The molecule has 0 unspecified atom stereocenters. The van der Waals surface area contributed by atoms with Gasteiger partial charge in [-0.15, -0.1) is 0 Å². The molecule has 1 fully saturated rings. The number of hydrogen-bond acceptors (Lipinski definition) is 2. The lowest BCUT2D eigenvalue weighted by Gasteiger charge is -2.12. The second-order valence-corrected chi connectivity index (χ2v) is 6.43. The summed E-state index contributed by atoms with van der Waals surface area (Å²) in [5.41, 5.74) is 3.20. The highest BCUT2D eigenvalue weighted by atomic mass is 35.5. The van der Waals surface area contributed by atoms with E-state index < -0.39 is 0 Å². The number of hydrogen-bond donors (Lipinski definition) is 2. The Labute approximate surface area is 140 Å². The van der Waals surface area contributed by atoms with Crippen molar-refractivity contribution in [3.8, 4) is 16.9 Å². The van der Waals surface area contributed by atoms with Crippen molar-refractivity contribution in [2.75, 3.05) is 13.2 Å². The van der Waals surface area contributed by atoms with Crippen LogP contribution in [0.15, 0.2) is 48.7 Å². The summed E-state index contributed by atoms with van der Waals surface area (Å²) in [6, 6.07) is 14.8. The van der Waals surface area contributed by atoms with Crippen LogP contribution in [0, 0.1) is 0 Å². The predicted octanol–water partition coefficient (Wildman–Crippen LogP) is 4.62. The van der Waals surface area contributed by atoms with E-state index in [0.717, 1.165) is 46.0 Å². The van der Waals surface area contributed by atoms with Crippen LogP contribution in [0.2, 0.25) is 5.02 Å². The van der Waals surface area contributed by atoms with Crippen LogP contribution in [-0.4, -0.2) is 24.2 Å². The fourth-order valence-electron chi connectivity index (χ4n) is 3.12. The normalized spacial score (nSPS) is 17.7. The van der Waals surface area contributed by atoms with Crippen molar-refractivity contribution < 1.29 is 4.74 Å². The second kappa shape index (κ2) is 6.26. The molecule has 1 saturated heterocycles. The molecular weight excluding hydrogens is 308 g/mol. The molecule has 4 rings (SSSR count). The molecule has 4 heteroatoms. The van der Waals surface area contributed by atoms with Crippen molar-refractivity contribution in [2.45, 2.75) is 18.9 Å². The van der Waals surface area contributed by atoms with Gasteiger partial charge in [-0.2, -0.15) is 0 Å². The van der Waals surface area contributed by atoms with Crippen molar-refractivity contribution in [2.24, 2.45) is 0 Å². The summed E-state index contributed by atoms with van der Waals surface area (Å²) >= 11 is 6.42. The molecule has 3 aromatic rings. The SMILES string of the molecule is Clc1cc2[nH]ccc2cc1-c1ccc(OC[C@@H]2CCCN2)cc1. The van der Waals surface area contributed by atoms with E-state index in [2.05, 4.69) is 34.6 Å². The van der Waals surface area contributed by atoms with Crippen LogP contribution < -0.4 is 10.1 Å². The molecule has 3 nitrogen and oxygen atoms in total. The van der Waals surface area contributed by atoms with Crippen molar-refractivity contribution in [1.82, 2.24) is 10.3 Å². The monoisotopic (exact) mass is 326 g/mol. The van der Waals surface area contributed by atoms with Crippen LogP contribution in [0.3, 0.4) is 0 Å². The van der Waals surface area contributed by atoms with Gasteiger partial charge in [-0.3, -0.25) is 0 Å². The molecular formula is C19H19ClN2O. The number of benzene rings is 2. The molecule has 118 valence electrons. The zero-order valence-corrected chi connectivity index (χ0v) is 13.6. The molecule has 0 spiro atoms. The van der Waals surface area contributed by atoms with Crippen molar-refractivity contribution in [3.63, 3.8) is 0 Å². The molecule has 1 atom stereocenters. The Morgan fingerprint density at radius 1 is 1.13 bits per heavy atom. The van der Waals surface area contributed by atoms with Crippen LogP contribution in [0.1, 0.15) is 12.8 Å². The fourth-order valence-corrected chi connectivity index (χ4v) is 3.39. The lowest BCUT2D eigenvalue weighted by molar-refractivity contribution is 0.277. The molecule has 0 amide bonds. The summed E-state index contributed by atoms with van der Waals surface area (Å²) < 4.78 is 5.87. The largest absolute Gasteiger partial charge is 0.492 e. The number of fused-ring (bicyclic) bond motifs is 1. The topological polar surface area (TPSA) is 37.0 Å². The average Bonchev–Trinajstić information content (AvgIpc) is 3.24. The minimum absolute atomic E-state index is 0.486. The third kappa shape index (κ3) is 3.07. The van der Waals surface area contributed by atoms with Crippen LogP contribution in [0.25, 0.3) is 22.0 Å². The Hall–Kier alpha value is -1.97. The van der Waals surface area contributed by atoms with E-state index in [1.54, 1.807) is 0 Å². The molecule has 2 heterocycles. The van der Waals surface area contributed by atoms with Crippen LogP contribution in [-0.2, 0) is 0 Å². The van der Waals surface area contributed by atoms with Gasteiger partial charge >= 0.3 is 0 Å². The van der Waals surface area contributed by atoms with E-state index in [4.69, 9.17) is 16.3 Å². The minimum atomic E-state index is 0.486. The highest BCUT2D eigenvalue weighted by molar-refractivity contribution is 6.34. The summed E-state index contributed by atoms with van der Waals surface area (Å²) in [6.45, 7) is 1.84. The summed E-state index contributed by atoms with van der Waals surface area (Å²) in [7, 11) is 0. The Bertz CT molecular complexity index is 804. The Morgan fingerprint density at radius 2 is 2.00 bits per heavy atom. The first kappa shape index (κ1) is 14.6. The van der Waals surface area contributed by atoms with Gasteiger partial charge in [0.2, 0.25) is 0 Å². The van der Waals surface area contributed by atoms with Gasteiger partial charge in [-0.25, -0.2) is 0 Å². The standard InChI is InChI=1S/C19H19ClN2O/c20-18-11-19-14(7-9-22-19)10-17(18)13-3-5-16(6-4-13)23-12-15-2-1-8-21-15/h3-7,9-11,15,21-22H,1-2,8,12H2/t15-/m0/s1. The van der Waals surface area contributed by atoms with Gasteiger partial charge in [-0.1, -0.05) is 23.7 Å². The van der Waals surface area contributed by atoms with Gasteiger partial charge in [0.1, 0.15) is 12.4 Å². The maximum absolute atomic E-state index is 6.42. The number of nitrogens with one attached hydrogen (secondary N) is 2. The Morgan fingerprint density at radius 3 is 2.78 bits per heavy atom. The van der Waals surface area contributed by atoms with E-state index in [9.17, 15) is 0 Å². The number of aromatic amines is 1. The van der Waals surface area contributed by atoms with E-state index in [-0.39, 0.29) is 0 Å². The summed E-state index contributed by atoms with van der Waals surface area (Å²) in [5.74, 6) is 0.904. The van der Waals surface area contributed by atoms with Crippen molar-refractivity contribution in [3.05, 3.63) is 53.7 Å². The molecule has 1 aliphatic heterocycles. The minimum Gasteiger partial charge on any atom is -0.492 e. The summed E-state index contributed by atoms with van der Waals surface area (Å²) in [6.07, 6.45) is 4.37. The number of H-pyrrole nitrogens is 1. The van der Waals surface area contributed by atoms with Crippen molar-refractivity contribution >= 4 is 22.5 Å². The Kier molecular flexibility index (Phi) is 3.98. The second-order valence-electron chi connectivity index (χ2n) is 6.03. The summed E-state index contributed by atoms with van der Waals surface area (Å²) in [4.78, 5) is 3.18. The van der Waals surface area contributed by atoms with Crippen LogP contribution in [0.4, 0.5) is 0 Å². The zero-order valence-electron chi connectivity index (χ0n) is 12.8. The van der Waals surface area contributed by atoms with Gasteiger partial charge in [0, 0.05) is 28.7 Å². The molecule has 0 radical (unpaired) electrons. The molecule has 2 aromatic carbocycles. The average molecular weight is 327 g/mol. The Balaban J connectivity index is 1.53. The van der Waals surface area contributed by atoms with Crippen molar-refractivity contribution in [1.29, 1.82) is 0 Å². The third-order valence-corrected chi connectivity index (χ3v) is 4.73. The molecule has 1 aliphatic rings. The van der Waals surface area contributed by atoms with Gasteiger partial charge in [0.05, 0.1) is 5.02 Å². The number of rotatable bonds is 4. The van der Waals surface area contributed by atoms with E-state index in [0.29, 0.717) is 6.04 Å². The predicted molar refractivity (Wildman–Crippen MR) is 95.3 cm³/mol. The maximum atomic E-state index is 6.42. The number of aromatic nitrogens is 1. The molecule has 1 aromatic heterocycles. The first-order chi connectivity index (χ1) is 11.3. The number of ether oxygens (including phenoxy) is 1. The highest BCUT2D eigenvalue weighted by Gasteiger charge is 2.14. The van der Waals surface area contributed by atoms with Gasteiger partial charge in [-0.05, 0) is 55.3 Å². The maximum Gasteiger partial charge on any atom is 0.119 e. The fraction of sp³-hybridized carbons (Fsp3) is 0.263. The zero-order chi connectivity index (χ0) is 15.6. The third-order valence-electron chi connectivity index (χ3n) is 4.42. The summed E-state index contributed by atoms with van der Waals surface area (Å²) in [5, 5.41) is 5.36. The molecule has 0 aliphatic carbocycles. The highest BCUT2D eigenvalue weighted by Crippen LogP contribution is 2.32. The molecule has 0 saturated carbocycles. The smallest absolute Gasteiger partial charge is 0.119 e. The molecule has 2 N–H and O–H groups in total. The van der Waals surface area contributed by atoms with Crippen LogP contribution in [0.5, 0.6) is 5.75 Å². The lowest BCUT2D eigenvalue weighted by atomic mass is 10.0.